The Morgan fingerprint density at radius 2 is 1.95 bits per heavy atom. The van der Waals surface area contributed by atoms with Crippen LogP contribution in [0.5, 0.6) is 0 Å². The van der Waals surface area contributed by atoms with Crippen molar-refractivity contribution in [2.24, 2.45) is 0 Å². The molecule has 0 fully saturated rings. The summed E-state index contributed by atoms with van der Waals surface area (Å²) < 4.78 is 0. The van der Waals surface area contributed by atoms with Crippen molar-refractivity contribution in [3.8, 4) is 0 Å². The Morgan fingerprint density at radius 3 is 2.75 bits per heavy atom. The van der Waals surface area contributed by atoms with Crippen molar-refractivity contribution < 1.29 is 9.59 Å². The highest BCUT2D eigenvalue weighted by Crippen LogP contribution is 2.19. The molecule has 0 saturated carbocycles. The lowest BCUT2D eigenvalue weighted by Gasteiger charge is -2.04. The van der Waals surface area contributed by atoms with Gasteiger partial charge in [-0.05, 0) is 12.1 Å². The molecule has 20 heavy (non-hydrogen) atoms. The number of aromatic nitrogens is 1. The van der Waals surface area contributed by atoms with E-state index in [4.69, 9.17) is 0 Å². The molecule has 104 valence electrons. The van der Waals surface area contributed by atoms with Crippen molar-refractivity contribution in [1.82, 2.24) is 15.6 Å². The van der Waals surface area contributed by atoms with Crippen LogP contribution in [0, 0.1) is 0 Å². The number of fused-ring (bicyclic) bond motifs is 1. The van der Waals surface area contributed by atoms with E-state index in [-0.39, 0.29) is 24.1 Å². The smallest absolute Gasteiger partial charge is 0.239 e. The molecule has 0 aliphatic carbocycles. The number of hydrogen-bond donors (Lipinski definition) is 2. The fraction of sp³-hybridized carbons (Fsp3) is 0.214. The van der Waals surface area contributed by atoms with Crippen LogP contribution in [0.2, 0.25) is 0 Å². The maximum Gasteiger partial charge on any atom is 0.239 e. The molecule has 0 spiro atoms. The molecule has 0 bridgehead atoms. The van der Waals surface area contributed by atoms with Crippen LogP contribution < -0.4 is 10.6 Å². The summed E-state index contributed by atoms with van der Waals surface area (Å²) >= 11 is 1.35. The van der Waals surface area contributed by atoms with E-state index in [2.05, 4.69) is 15.6 Å². The van der Waals surface area contributed by atoms with E-state index in [0.29, 0.717) is 0 Å². The summed E-state index contributed by atoms with van der Waals surface area (Å²) in [7, 11) is 1.53. The first-order valence-corrected chi connectivity index (χ1v) is 7.13. The van der Waals surface area contributed by atoms with Gasteiger partial charge < -0.3 is 10.6 Å². The molecule has 2 amide bonds. The molecule has 0 radical (unpaired) electrons. The monoisotopic (exact) mass is 289 g/mol. The van der Waals surface area contributed by atoms with Crippen LogP contribution in [-0.2, 0) is 9.59 Å². The largest absolute Gasteiger partial charge is 0.358 e. The minimum atomic E-state index is -0.216. The number of likely N-dealkylation sites (N-methyl/N-ethyl adjacent to an activating group) is 1. The molecule has 0 aliphatic heterocycles. The van der Waals surface area contributed by atoms with Crippen LogP contribution in [-0.4, -0.2) is 36.1 Å². The highest BCUT2D eigenvalue weighted by molar-refractivity contribution is 7.99. The van der Waals surface area contributed by atoms with Crippen LogP contribution >= 0.6 is 11.8 Å². The third-order valence-electron chi connectivity index (χ3n) is 2.65. The molecule has 1 heterocycles. The van der Waals surface area contributed by atoms with Crippen molar-refractivity contribution in [1.29, 1.82) is 0 Å². The van der Waals surface area contributed by atoms with Gasteiger partial charge in [-0.1, -0.05) is 36.0 Å². The van der Waals surface area contributed by atoms with Gasteiger partial charge in [-0.15, -0.1) is 0 Å². The standard InChI is InChI=1S/C14H15N3O2S/c1-15-12(18)8-16-13(19)9-20-14-7-6-10-4-2-3-5-11(10)17-14/h2-7H,8-9H2,1H3,(H,15,18)(H,16,19). The Balaban J connectivity index is 1.89. The van der Waals surface area contributed by atoms with Gasteiger partial charge in [0, 0.05) is 12.4 Å². The molecular formula is C14H15N3O2S. The minimum absolute atomic E-state index is 0.00103. The summed E-state index contributed by atoms with van der Waals surface area (Å²) in [6.07, 6.45) is 0. The molecule has 1 aromatic heterocycles. The quantitative estimate of drug-likeness (QED) is 0.811. The number of nitrogens with one attached hydrogen (secondary N) is 2. The van der Waals surface area contributed by atoms with E-state index in [9.17, 15) is 9.59 Å². The minimum Gasteiger partial charge on any atom is -0.358 e. The lowest BCUT2D eigenvalue weighted by atomic mass is 10.2. The van der Waals surface area contributed by atoms with Crippen molar-refractivity contribution in [2.75, 3.05) is 19.3 Å². The van der Waals surface area contributed by atoms with Gasteiger partial charge in [-0.25, -0.2) is 4.98 Å². The molecule has 0 saturated heterocycles. The molecule has 0 atom stereocenters. The summed E-state index contributed by atoms with van der Waals surface area (Å²) in [5, 5.41) is 6.84. The van der Waals surface area contributed by atoms with E-state index in [1.807, 2.05) is 36.4 Å². The predicted molar refractivity (Wildman–Crippen MR) is 79.5 cm³/mol. The third-order valence-corrected chi connectivity index (χ3v) is 3.58. The van der Waals surface area contributed by atoms with Gasteiger partial charge >= 0.3 is 0 Å². The van der Waals surface area contributed by atoms with Gasteiger partial charge in [-0.3, -0.25) is 9.59 Å². The van der Waals surface area contributed by atoms with Gasteiger partial charge in [0.05, 0.1) is 22.8 Å². The molecule has 0 unspecified atom stereocenters. The van der Waals surface area contributed by atoms with Gasteiger partial charge in [0.25, 0.3) is 0 Å². The SMILES string of the molecule is CNC(=O)CNC(=O)CSc1ccc2ccccc2n1. The second kappa shape index (κ2) is 6.91. The molecule has 2 rings (SSSR count). The Morgan fingerprint density at radius 1 is 1.15 bits per heavy atom. The Kier molecular flexibility index (Phi) is 4.95. The first-order valence-electron chi connectivity index (χ1n) is 6.15. The lowest BCUT2D eigenvalue weighted by Crippen LogP contribution is -2.36. The summed E-state index contributed by atoms with van der Waals surface area (Å²) in [4.78, 5) is 27.0. The number of pyridine rings is 1. The van der Waals surface area contributed by atoms with E-state index in [1.165, 1.54) is 18.8 Å². The van der Waals surface area contributed by atoms with Crippen LogP contribution in [0.3, 0.4) is 0 Å². The number of amides is 2. The topological polar surface area (TPSA) is 71.1 Å². The number of benzene rings is 1. The number of rotatable bonds is 5. The Labute approximate surface area is 121 Å². The maximum absolute atomic E-state index is 11.6. The molecule has 1 aromatic carbocycles. The fourth-order valence-corrected chi connectivity index (χ4v) is 2.29. The van der Waals surface area contributed by atoms with Crippen LogP contribution in [0.4, 0.5) is 0 Å². The molecule has 5 nitrogen and oxygen atoms in total. The number of carbonyl (C=O) groups is 2. The maximum atomic E-state index is 11.6. The van der Waals surface area contributed by atoms with Crippen molar-refractivity contribution in [3.63, 3.8) is 0 Å². The third kappa shape index (κ3) is 3.96. The van der Waals surface area contributed by atoms with Gasteiger partial charge in [-0.2, -0.15) is 0 Å². The number of para-hydroxylation sites is 1. The second-order valence-corrected chi connectivity index (χ2v) is 5.08. The molecule has 6 heteroatoms. The normalized spacial score (nSPS) is 10.2. The first kappa shape index (κ1) is 14.3. The average Bonchev–Trinajstić information content (AvgIpc) is 2.50. The van der Waals surface area contributed by atoms with Gasteiger partial charge in [0.15, 0.2) is 0 Å². The summed E-state index contributed by atoms with van der Waals surface area (Å²) in [6.45, 7) is 0.00103. The lowest BCUT2D eigenvalue weighted by molar-refractivity contribution is -0.124. The highest BCUT2D eigenvalue weighted by Gasteiger charge is 2.06. The Bertz CT molecular complexity index is 631. The van der Waals surface area contributed by atoms with E-state index >= 15 is 0 Å². The van der Waals surface area contributed by atoms with Gasteiger partial charge in [0.1, 0.15) is 0 Å². The van der Waals surface area contributed by atoms with E-state index in [1.54, 1.807) is 0 Å². The molecule has 0 aliphatic rings. The van der Waals surface area contributed by atoms with Crippen molar-refractivity contribution in [2.45, 2.75) is 5.03 Å². The highest BCUT2D eigenvalue weighted by atomic mass is 32.2. The number of carbonyl (C=O) groups excluding carboxylic acids is 2. The zero-order valence-electron chi connectivity index (χ0n) is 11.1. The zero-order valence-corrected chi connectivity index (χ0v) is 11.9. The first-order chi connectivity index (χ1) is 9.69. The summed E-state index contributed by atoms with van der Waals surface area (Å²) in [5.74, 6) is -0.164. The molecule has 2 N–H and O–H groups in total. The number of nitrogens with zero attached hydrogens (tertiary/aromatic N) is 1. The van der Waals surface area contributed by atoms with E-state index in [0.717, 1.165) is 15.9 Å². The van der Waals surface area contributed by atoms with Crippen LogP contribution in [0.1, 0.15) is 0 Å². The van der Waals surface area contributed by atoms with Gasteiger partial charge in [0.2, 0.25) is 11.8 Å². The molecular weight excluding hydrogens is 274 g/mol. The molecule has 2 aromatic rings. The number of hydrogen-bond acceptors (Lipinski definition) is 4. The summed E-state index contributed by atoms with van der Waals surface area (Å²) in [6, 6.07) is 11.7. The van der Waals surface area contributed by atoms with Crippen molar-refractivity contribution >= 4 is 34.5 Å². The zero-order chi connectivity index (χ0) is 14.4. The Hall–Kier alpha value is -2.08. The van der Waals surface area contributed by atoms with E-state index < -0.39 is 0 Å². The van der Waals surface area contributed by atoms with Crippen LogP contribution in [0.25, 0.3) is 10.9 Å². The summed E-state index contributed by atoms with van der Waals surface area (Å²) in [5.41, 5.74) is 0.906. The average molecular weight is 289 g/mol. The predicted octanol–water partition coefficient (Wildman–Crippen LogP) is 1.19. The van der Waals surface area contributed by atoms with Crippen molar-refractivity contribution in [3.05, 3.63) is 36.4 Å². The fourth-order valence-electron chi connectivity index (χ4n) is 1.59. The second-order valence-electron chi connectivity index (χ2n) is 4.08. The van der Waals surface area contributed by atoms with Crippen LogP contribution in [0.15, 0.2) is 41.4 Å². The number of thioether (sulfide) groups is 1.